The molecular formula is C27H35N7O. The van der Waals surface area contributed by atoms with Gasteiger partial charge in [0.25, 0.3) is 5.56 Å². The number of rotatable bonds is 7. The highest BCUT2D eigenvalue weighted by Gasteiger charge is 2.33. The smallest absolute Gasteiger partial charge is 0.252 e. The Morgan fingerprint density at radius 3 is 2.54 bits per heavy atom. The highest BCUT2D eigenvalue weighted by molar-refractivity contribution is 5.83. The average Bonchev–Trinajstić information content (AvgIpc) is 3.25. The van der Waals surface area contributed by atoms with Crippen molar-refractivity contribution in [1.29, 1.82) is 0 Å². The molecule has 0 spiro atoms. The van der Waals surface area contributed by atoms with Crippen LogP contribution < -0.4 is 5.56 Å². The Hall–Kier alpha value is -3.39. The molecule has 8 heteroatoms. The lowest BCUT2D eigenvalue weighted by Crippen LogP contribution is -2.37. The summed E-state index contributed by atoms with van der Waals surface area (Å²) >= 11 is 0. The first kappa shape index (κ1) is 24.7. The lowest BCUT2D eigenvalue weighted by atomic mass is 9.98. The summed E-state index contributed by atoms with van der Waals surface area (Å²) in [5, 5.41) is 13.9. The third-order valence-electron chi connectivity index (χ3n) is 6.29. The van der Waals surface area contributed by atoms with E-state index in [1.807, 2.05) is 36.0 Å². The molecule has 0 saturated heterocycles. The second kappa shape index (κ2) is 9.70. The van der Waals surface area contributed by atoms with E-state index in [1.54, 1.807) is 6.20 Å². The number of hydrogen-bond donors (Lipinski definition) is 1. The van der Waals surface area contributed by atoms with Crippen molar-refractivity contribution in [1.82, 2.24) is 35.1 Å². The third kappa shape index (κ3) is 5.32. The second-order valence-electron chi connectivity index (χ2n) is 10.7. The molecule has 35 heavy (non-hydrogen) atoms. The van der Waals surface area contributed by atoms with E-state index in [9.17, 15) is 4.79 Å². The number of tetrazole rings is 1. The minimum absolute atomic E-state index is 0.0726. The average molecular weight is 474 g/mol. The summed E-state index contributed by atoms with van der Waals surface area (Å²) in [5.41, 5.74) is 4.58. The molecule has 1 atom stereocenters. The Bertz CT molecular complexity index is 1370. The van der Waals surface area contributed by atoms with E-state index in [0.29, 0.717) is 18.7 Å². The Morgan fingerprint density at radius 2 is 1.89 bits per heavy atom. The highest BCUT2D eigenvalue weighted by Crippen LogP contribution is 2.32. The number of fused-ring (bicyclic) bond motifs is 1. The molecule has 0 aliphatic rings. The number of pyridine rings is 2. The van der Waals surface area contributed by atoms with Crippen LogP contribution in [-0.4, -0.2) is 35.1 Å². The molecule has 8 nitrogen and oxygen atoms in total. The quantitative estimate of drug-likeness (QED) is 0.419. The van der Waals surface area contributed by atoms with Gasteiger partial charge in [-0.3, -0.25) is 14.7 Å². The van der Waals surface area contributed by atoms with Crippen molar-refractivity contribution in [2.75, 3.05) is 0 Å². The predicted molar refractivity (Wildman–Crippen MR) is 138 cm³/mol. The zero-order chi connectivity index (χ0) is 25.3. The van der Waals surface area contributed by atoms with Crippen molar-refractivity contribution in [3.05, 3.63) is 81.2 Å². The maximum atomic E-state index is 13.2. The zero-order valence-electron chi connectivity index (χ0n) is 21.7. The minimum atomic E-state index is -0.276. The largest absolute Gasteiger partial charge is 0.322 e. The molecule has 1 aromatic carbocycles. The van der Waals surface area contributed by atoms with Crippen LogP contribution in [0.15, 0.2) is 47.5 Å². The Kier molecular flexibility index (Phi) is 6.85. The van der Waals surface area contributed by atoms with Crippen molar-refractivity contribution in [3.63, 3.8) is 0 Å². The van der Waals surface area contributed by atoms with Crippen LogP contribution >= 0.6 is 0 Å². The molecule has 3 aromatic heterocycles. The Balaban J connectivity index is 1.82. The van der Waals surface area contributed by atoms with Gasteiger partial charge in [-0.1, -0.05) is 26.0 Å². The molecule has 3 heterocycles. The maximum absolute atomic E-state index is 13.2. The van der Waals surface area contributed by atoms with Gasteiger partial charge in [0.2, 0.25) is 0 Å². The first-order valence-electron chi connectivity index (χ1n) is 12.1. The molecule has 0 bridgehead atoms. The van der Waals surface area contributed by atoms with Crippen molar-refractivity contribution in [2.45, 2.75) is 73.1 Å². The standard InChI is InChI=1S/C27H35N7O/c1-17(2)24(25-30-31-32-34(25)27(5,6)7)33(15-20-9-8-10-28-14-20)16-21-13-22-19(4)11-18(3)12-23(22)29-26(21)35/h8-14,17,24H,15-16H2,1-7H3,(H,29,35)/t24-/m0/s1. The van der Waals surface area contributed by atoms with Crippen LogP contribution in [0.5, 0.6) is 0 Å². The third-order valence-corrected chi connectivity index (χ3v) is 6.29. The molecule has 0 saturated carbocycles. The summed E-state index contributed by atoms with van der Waals surface area (Å²) in [6.45, 7) is 15.8. The highest BCUT2D eigenvalue weighted by atomic mass is 16.1. The van der Waals surface area contributed by atoms with Gasteiger partial charge in [-0.25, -0.2) is 4.68 Å². The fourth-order valence-corrected chi connectivity index (χ4v) is 4.77. The van der Waals surface area contributed by atoms with Gasteiger partial charge < -0.3 is 4.98 Å². The molecule has 0 aliphatic heterocycles. The number of benzene rings is 1. The van der Waals surface area contributed by atoms with Crippen molar-refractivity contribution >= 4 is 10.9 Å². The fourth-order valence-electron chi connectivity index (χ4n) is 4.77. The first-order chi connectivity index (χ1) is 16.5. The predicted octanol–water partition coefficient (Wildman–Crippen LogP) is 4.68. The van der Waals surface area contributed by atoms with Crippen molar-refractivity contribution < 1.29 is 0 Å². The van der Waals surface area contributed by atoms with Crippen LogP contribution in [0.1, 0.15) is 68.7 Å². The first-order valence-corrected chi connectivity index (χ1v) is 12.1. The lowest BCUT2D eigenvalue weighted by Gasteiger charge is -2.35. The SMILES string of the molecule is Cc1cc(C)c2cc(CN(Cc3cccnc3)[C@H](c3nnnn3C(C)(C)C)C(C)C)c(=O)[nH]c2c1. The van der Waals surface area contributed by atoms with Gasteiger partial charge in [-0.15, -0.1) is 5.10 Å². The molecule has 4 aromatic rings. The van der Waals surface area contributed by atoms with Gasteiger partial charge in [0, 0.05) is 41.9 Å². The normalized spacial score (nSPS) is 13.2. The molecule has 0 aliphatic carbocycles. The number of aromatic nitrogens is 6. The zero-order valence-corrected chi connectivity index (χ0v) is 21.7. The number of nitrogens with zero attached hydrogens (tertiary/aromatic N) is 6. The van der Waals surface area contributed by atoms with E-state index in [0.717, 1.165) is 33.4 Å². The Labute approximate surface area is 206 Å². The number of aromatic amines is 1. The molecule has 4 rings (SSSR count). The van der Waals surface area contributed by atoms with Crippen LogP contribution in [0.2, 0.25) is 0 Å². The number of hydrogen-bond acceptors (Lipinski definition) is 6. The molecule has 1 N–H and O–H groups in total. The van der Waals surface area contributed by atoms with Gasteiger partial charge in [0.05, 0.1) is 11.6 Å². The molecule has 0 fully saturated rings. The number of H-pyrrole nitrogens is 1. The van der Waals surface area contributed by atoms with E-state index in [-0.39, 0.29) is 23.1 Å². The molecule has 184 valence electrons. The summed E-state index contributed by atoms with van der Waals surface area (Å²) in [6.07, 6.45) is 3.64. The topological polar surface area (TPSA) is 92.6 Å². The summed E-state index contributed by atoms with van der Waals surface area (Å²) in [6, 6.07) is 10.1. The maximum Gasteiger partial charge on any atom is 0.252 e. The van der Waals surface area contributed by atoms with E-state index >= 15 is 0 Å². The summed E-state index contributed by atoms with van der Waals surface area (Å²) in [5.74, 6) is 0.989. The van der Waals surface area contributed by atoms with Gasteiger partial charge in [-0.05, 0) is 85.9 Å². The molecular weight excluding hydrogens is 438 g/mol. The van der Waals surface area contributed by atoms with Crippen LogP contribution in [0.4, 0.5) is 0 Å². The van der Waals surface area contributed by atoms with E-state index < -0.39 is 0 Å². The van der Waals surface area contributed by atoms with Crippen LogP contribution in [0.3, 0.4) is 0 Å². The van der Waals surface area contributed by atoms with Crippen LogP contribution in [-0.2, 0) is 18.6 Å². The molecule has 0 amide bonds. The fraction of sp³-hybridized carbons (Fsp3) is 0.444. The molecule has 0 radical (unpaired) electrons. The Morgan fingerprint density at radius 1 is 1.11 bits per heavy atom. The number of nitrogens with one attached hydrogen (secondary N) is 1. The van der Waals surface area contributed by atoms with Crippen LogP contribution in [0, 0.1) is 19.8 Å². The van der Waals surface area contributed by atoms with Gasteiger partial charge in [0.15, 0.2) is 5.82 Å². The monoisotopic (exact) mass is 473 g/mol. The summed E-state index contributed by atoms with van der Waals surface area (Å²) < 4.78 is 1.89. The number of aryl methyl sites for hydroxylation is 2. The van der Waals surface area contributed by atoms with Crippen LogP contribution in [0.25, 0.3) is 10.9 Å². The van der Waals surface area contributed by atoms with E-state index in [4.69, 9.17) is 0 Å². The molecule has 0 unspecified atom stereocenters. The van der Waals surface area contributed by atoms with Gasteiger partial charge in [0.1, 0.15) is 0 Å². The summed E-state index contributed by atoms with van der Waals surface area (Å²) in [7, 11) is 0. The van der Waals surface area contributed by atoms with E-state index in [2.05, 4.69) is 84.1 Å². The summed E-state index contributed by atoms with van der Waals surface area (Å²) in [4.78, 5) is 22.9. The lowest BCUT2D eigenvalue weighted by molar-refractivity contribution is 0.119. The van der Waals surface area contributed by atoms with Gasteiger partial charge in [-0.2, -0.15) is 0 Å². The van der Waals surface area contributed by atoms with Crippen molar-refractivity contribution in [3.8, 4) is 0 Å². The second-order valence-corrected chi connectivity index (χ2v) is 10.7. The van der Waals surface area contributed by atoms with E-state index in [1.165, 1.54) is 0 Å². The van der Waals surface area contributed by atoms with Crippen molar-refractivity contribution in [2.24, 2.45) is 5.92 Å². The van der Waals surface area contributed by atoms with Gasteiger partial charge >= 0.3 is 0 Å². The minimum Gasteiger partial charge on any atom is -0.322 e.